The number of hydrogen-bond acceptors (Lipinski definition) is 4. The molecule has 2 aromatic carbocycles. The van der Waals surface area contributed by atoms with Gasteiger partial charge < -0.3 is 9.52 Å². The highest BCUT2D eigenvalue weighted by Crippen LogP contribution is 2.30. The highest BCUT2D eigenvalue weighted by molar-refractivity contribution is 6.33. The molecule has 1 N–H and O–H groups in total. The van der Waals surface area contributed by atoms with E-state index < -0.39 is 5.97 Å². The summed E-state index contributed by atoms with van der Waals surface area (Å²) in [4.78, 5) is 24.3. The van der Waals surface area contributed by atoms with Gasteiger partial charge >= 0.3 is 5.97 Å². The fourth-order valence-electron chi connectivity index (χ4n) is 3.07. The summed E-state index contributed by atoms with van der Waals surface area (Å²) in [6, 6.07) is 16.8. The third-order valence-electron chi connectivity index (χ3n) is 4.45. The number of carboxylic acids is 1. The van der Waals surface area contributed by atoms with E-state index >= 15 is 0 Å². The Hall–Kier alpha value is -3.64. The van der Waals surface area contributed by atoms with E-state index in [-0.39, 0.29) is 11.5 Å². The van der Waals surface area contributed by atoms with Crippen molar-refractivity contribution in [3.63, 3.8) is 0 Å². The summed E-state index contributed by atoms with van der Waals surface area (Å²) in [6.07, 6.45) is 1.60. The Morgan fingerprint density at radius 2 is 1.93 bits per heavy atom. The van der Waals surface area contributed by atoms with Crippen LogP contribution in [0.4, 0.5) is 5.69 Å². The van der Waals surface area contributed by atoms with Gasteiger partial charge in [-0.2, -0.15) is 10.1 Å². The number of benzene rings is 2. The van der Waals surface area contributed by atoms with Gasteiger partial charge in [-0.1, -0.05) is 35.9 Å². The fraction of sp³-hybridized carbons (Fsp3) is 0.0455. The second kappa shape index (κ2) is 7.41. The molecule has 1 amide bonds. The number of rotatable bonds is 4. The summed E-state index contributed by atoms with van der Waals surface area (Å²) in [7, 11) is 0. The molecule has 0 fully saturated rings. The van der Waals surface area contributed by atoms with Crippen LogP contribution in [0.1, 0.15) is 23.0 Å². The molecule has 0 saturated carbocycles. The molecule has 3 aromatic rings. The Kier molecular flexibility index (Phi) is 4.78. The van der Waals surface area contributed by atoms with E-state index in [0.29, 0.717) is 39.1 Å². The van der Waals surface area contributed by atoms with E-state index in [4.69, 9.17) is 16.0 Å². The molecule has 4 rings (SSSR count). The Labute approximate surface area is 171 Å². The average molecular weight is 407 g/mol. The third kappa shape index (κ3) is 3.58. The van der Waals surface area contributed by atoms with Crippen LogP contribution in [0.2, 0.25) is 5.02 Å². The summed E-state index contributed by atoms with van der Waals surface area (Å²) in [5.74, 6) is -0.510. The van der Waals surface area contributed by atoms with E-state index in [0.717, 1.165) is 0 Å². The van der Waals surface area contributed by atoms with Crippen LogP contribution in [0, 0.1) is 0 Å². The van der Waals surface area contributed by atoms with Crippen molar-refractivity contribution < 1.29 is 19.1 Å². The van der Waals surface area contributed by atoms with E-state index in [9.17, 15) is 14.7 Å². The first-order valence-corrected chi connectivity index (χ1v) is 9.11. The molecule has 0 bridgehead atoms. The van der Waals surface area contributed by atoms with Crippen LogP contribution in [0.15, 0.2) is 75.8 Å². The van der Waals surface area contributed by atoms with Crippen LogP contribution < -0.4 is 5.01 Å². The minimum Gasteiger partial charge on any atom is -0.478 e. The van der Waals surface area contributed by atoms with Crippen molar-refractivity contribution in [2.45, 2.75) is 6.92 Å². The van der Waals surface area contributed by atoms with Crippen LogP contribution in [-0.4, -0.2) is 22.7 Å². The standard InChI is InChI=1S/C22H15ClN2O4/c1-13-19(21(26)25(24-13)15-6-4-5-14(23)11-15)12-16-9-10-20(29-16)17-7-2-3-8-18(17)22(27)28/h2-12H,1H3,(H,27,28)/b19-12+. The number of nitrogens with zero attached hydrogens (tertiary/aromatic N) is 2. The molecule has 0 saturated heterocycles. The fourth-order valence-corrected chi connectivity index (χ4v) is 3.25. The number of amides is 1. The molecule has 0 aliphatic carbocycles. The van der Waals surface area contributed by atoms with Gasteiger partial charge in [0.1, 0.15) is 11.5 Å². The first-order valence-electron chi connectivity index (χ1n) is 8.74. The average Bonchev–Trinajstić information content (AvgIpc) is 3.28. The highest BCUT2D eigenvalue weighted by Gasteiger charge is 2.29. The van der Waals surface area contributed by atoms with Crippen LogP contribution in [-0.2, 0) is 4.79 Å². The number of hydrazone groups is 1. The summed E-state index contributed by atoms with van der Waals surface area (Å²) in [5.41, 5.74) is 2.10. The van der Waals surface area contributed by atoms with Crippen molar-refractivity contribution in [1.29, 1.82) is 0 Å². The number of aromatic carboxylic acids is 1. The lowest BCUT2D eigenvalue weighted by atomic mass is 10.1. The minimum absolute atomic E-state index is 0.142. The Bertz CT molecular complexity index is 1190. The molecule has 0 spiro atoms. The zero-order valence-electron chi connectivity index (χ0n) is 15.3. The van der Waals surface area contributed by atoms with Gasteiger partial charge in [-0.15, -0.1) is 0 Å². The lowest BCUT2D eigenvalue weighted by Crippen LogP contribution is -2.21. The van der Waals surface area contributed by atoms with E-state index in [1.165, 1.54) is 11.1 Å². The molecule has 6 nitrogen and oxygen atoms in total. The van der Waals surface area contributed by atoms with Crippen molar-refractivity contribution in [1.82, 2.24) is 0 Å². The van der Waals surface area contributed by atoms with Gasteiger partial charge in [0.2, 0.25) is 0 Å². The van der Waals surface area contributed by atoms with E-state index in [1.807, 2.05) is 0 Å². The maximum absolute atomic E-state index is 12.8. The molecule has 144 valence electrons. The van der Waals surface area contributed by atoms with Gasteiger partial charge in [0.25, 0.3) is 5.91 Å². The number of furan rings is 1. The number of hydrogen-bond donors (Lipinski definition) is 1. The number of halogens is 1. The molecular formula is C22H15ClN2O4. The summed E-state index contributed by atoms with van der Waals surface area (Å²) < 4.78 is 5.79. The molecular weight excluding hydrogens is 392 g/mol. The van der Waals surface area contributed by atoms with Crippen LogP contribution >= 0.6 is 11.6 Å². The molecule has 1 aromatic heterocycles. The summed E-state index contributed by atoms with van der Waals surface area (Å²) in [6.45, 7) is 1.73. The monoisotopic (exact) mass is 406 g/mol. The normalized spacial score (nSPS) is 15.1. The first-order chi connectivity index (χ1) is 13.9. The molecule has 1 aliphatic heterocycles. The molecule has 1 aliphatic rings. The van der Waals surface area contributed by atoms with Crippen molar-refractivity contribution in [2.75, 3.05) is 5.01 Å². The minimum atomic E-state index is -1.04. The summed E-state index contributed by atoms with van der Waals surface area (Å²) in [5, 5.41) is 15.5. The molecule has 0 unspecified atom stereocenters. The van der Waals surface area contributed by atoms with Gasteiger partial charge in [-0.05, 0) is 49.4 Å². The van der Waals surface area contributed by atoms with Gasteiger partial charge in [0, 0.05) is 10.6 Å². The zero-order chi connectivity index (χ0) is 20.5. The first kappa shape index (κ1) is 18.7. The lowest BCUT2D eigenvalue weighted by Gasteiger charge is -2.11. The molecule has 0 radical (unpaired) electrons. The molecule has 2 heterocycles. The molecule has 29 heavy (non-hydrogen) atoms. The molecule has 7 heteroatoms. The largest absolute Gasteiger partial charge is 0.478 e. The predicted molar refractivity (Wildman–Crippen MR) is 111 cm³/mol. The van der Waals surface area contributed by atoms with Gasteiger partial charge in [0.15, 0.2) is 0 Å². The van der Waals surface area contributed by atoms with Crippen molar-refractivity contribution in [2.24, 2.45) is 5.10 Å². The van der Waals surface area contributed by atoms with E-state index in [1.54, 1.807) is 67.6 Å². The van der Waals surface area contributed by atoms with Crippen LogP contribution in [0.5, 0.6) is 0 Å². The zero-order valence-corrected chi connectivity index (χ0v) is 16.1. The second-order valence-electron chi connectivity index (χ2n) is 6.39. The van der Waals surface area contributed by atoms with Gasteiger partial charge in [-0.3, -0.25) is 4.79 Å². The van der Waals surface area contributed by atoms with Crippen LogP contribution in [0.25, 0.3) is 17.4 Å². The lowest BCUT2D eigenvalue weighted by molar-refractivity contribution is -0.114. The van der Waals surface area contributed by atoms with Crippen molar-refractivity contribution >= 4 is 41.0 Å². The van der Waals surface area contributed by atoms with E-state index in [2.05, 4.69) is 5.10 Å². The Balaban J connectivity index is 1.66. The smallest absolute Gasteiger partial charge is 0.336 e. The Morgan fingerprint density at radius 1 is 1.14 bits per heavy atom. The third-order valence-corrected chi connectivity index (χ3v) is 4.69. The quantitative estimate of drug-likeness (QED) is 0.610. The maximum atomic E-state index is 12.8. The van der Waals surface area contributed by atoms with Crippen LogP contribution in [0.3, 0.4) is 0 Å². The molecule has 0 atom stereocenters. The summed E-state index contributed by atoms with van der Waals surface area (Å²) >= 11 is 6.01. The number of carbonyl (C=O) groups excluding carboxylic acids is 1. The van der Waals surface area contributed by atoms with Gasteiger partial charge in [0.05, 0.1) is 22.5 Å². The Morgan fingerprint density at radius 3 is 2.69 bits per heavy atom. The van der Waals surface area contributed by atoms with Crippen molar-refractivity contribution in [3.05, 3.63) is 82.6 Å². The number of anilines is 1. The van der Waals surface area contributed by atoms with Crippen molar-refractivity contribution in [3.8, 4) is 11.3 Å². The number of carboxylic acid groups (broad SMARTS) is 1. The van der Waals surface area contributed by atoms with Gasteiger partial charge in [-0.25, -0.2) is 4.79 Å². The highest BCUT2D eigenvalue weighted by atomic mass is 35.5. The second-order valence-corrected chi connectivity index (χ2v) is 6.83. The topological polar surface area (TPSA) is 83.1 Å². The SMILES string of the molecule is CC1=NN(c2cccc(Cl)c2)C(=O)/C1=C/c1ccc(-c2ccccc2C(=O)O)o1. The number of carbonyl (C=O) groups is 2. The maximum Gasteiger partial charge on any atom is 0.336 e. The predicted octanol–water partition coefficient (Wildman–Crippen LogP) is 5.10.